The highest BCUT2D eigenvalue weighted by atomic mass is 32.1. The molecule has 0 spiro atoms. The molecule has 178 valence electrons. The molecule has 8 nitrogen and oxygen atoms in total. The third kappa shape index (κ3) is 4.53. The van der Waals surface area contributed by atoms with Gasteiger partial charge in [-0.2, -0.15) is 0 Å². The average Bonchev–Trinajstić information content (AvgIpc) is 3.38. The van der Waals surface area contributed by atoms with Crippen LogP contribution in [-0.2, 0) is 4.74 Å². The maximum Gasteiger partial charge on any atom is 0.255 e. The smallest absolute Gasteiger partial charge is 0.255 e. The van der Waals surface area contributed by atoms with Crippen LogP contribution in [-0.4, -0.2) is 52.1 Å². The number of anilines is 2. The molecule has 1 N–H and O–H groups in total. The fraction of sp³-hybridized carbons (Fsp3) is 0.148. The molecule has 5 aromatic rings. The molecule has 1 fully saturated rings. The van der Waals surface area contributed by atoms with Crippen LogP contribution in [0.3, 0.4) is 0 Å². The van der Waals surface area contributed by atoms with Crippen molar-refractivity contribution in [1.29, 1.82) is 0 Å². The van der Waals surface area contributed by atoms with Crippen molar-refractivity contribution in [1.82, 2.24) is 19.9 Å². The number of ether oxygens (including phenoxy) is 1. The molecule has 1 aromatic carbocycles. The van der Waals surface area contributed by atoms with Gasteiger partial charge in [-0.15, -0.1) is 11.3 Å². The Labute approximate surface area is 211 Å². The molecule has 1 aliphatic rings. The molecular weight excluding hydrogens is 472 g/mol. The molecule has 9 heteroatoms. The molecule has 4 aromatic heterocycles. The van der Waals surface area contributed by atoms with Crippen LogP contribution in [0, 0.1) is 0 Å². The van der Waals surface area contributed by atoms with Crippen LogP contribution in [0.2, 0.25) is 0 Å². The van der Waals surface area contributed by atoms with Crippen LogP contribution in [0.1, 0.15) is 10.4 Å². The molecular formula is C27H22N6O2S. The number of fused-ring (bicyclic) bond motifs is 1. The van der Waals surface area contributed by atoms with Gasteiger partial charge in [0.1, 0.15) is 0 Å². The summed E-state index contributed by atoms with van der Waals surface area (Å²) in [4.78, 5) is 34.2. The van der Waals surface area contributed by atoms with Crippen molar-refractivity contribution in [2.24, 2.45) is 0 Å². The molecule has 1 aliphatic heterocycles. The Balaban J connectivity index is 1.40. The monoisotopic (exact) mass is 494 g/mol. The van der Waals surface area contributed by atoms with E-state index >= 15 is 0 Å². The minimum absolute atomic E-state index is 0.195. The first kappa shape index (κ1) is 22.3. The Bertz CT molecular complexity index is 1520. The van der Waals surface area contributed by atoms with Crippen molar-refractivity contribution in [2.45, 2.75) is 0 Å². The SMILES string of the molecule is O=C(Nc1cccc(-c2nc(N3CCOCC3)c3sc(-c4cccnc4)cc3n2)c1)c1ccncc1. The number of hydrogen-bond acceptors (Lipinski definition) is 8. The van der Waals surface area contributed by atoms with Crippen molar-refractivity contribution in [3.05, 3.63) is 84.9 Å². The van der Waals surface area contributed by atoms with E-state index in [2.05, 4.69) is 32.3 Å². The van der Waals surface area contributed by atoms with Crippen LogP contribution in [0.25, 0.3) is 32.0 Å². The molecule has 0 unspecified atom stereocenters. The van der Waals surface area contributed by atoms with Gasteiger partial charge in [0.2, 0.25) is 0 Å². The number of hydrogen-bond donors (Lipinski definition) is 1. The maximum atomic E-state index is 12.6. The quantitative estimate of drug-likeness (QED) is 0.371. The van der Waals surface area contributed by atoms with Crippen molar-refractivity contribution in [3.63, 3.8) is 0 Å². The van der Waals surface area contributed by atoms with E-state index in [1.165, 1.54) is 0 Å². The van der Waals surface area contributed by atoms with E-state index in [1.807, 2.05) is 36.5 Å². The Morgan fingerprint density at radius 1 is 0.917 bits per heavy atom. The fourth-order valence-electron chi connectivity index (χ4n) is 4.13. The second-order valence-electron chi connectivity index (χ2n) is 8.31. The first-order chi connectivity index (χ1) is 17.7. The summed E-state index contributed by atoms with van der Waals surface area (Å²) in [6.07, 6.45) is 6.83. The molecule has 1 saturated heterocycles. The van der Waals surface area contributed by atoms with Gasteiger partial charge in [0.05, 0.1) is 23.4 Å². The highest BCUT2D eigenvalue weighted by Crippen LogP contribution is 2.38. The number of pyridine rings is 2. The highest BCUT2D eigenvalue weighted by molar-refractivity contribution is 7.22. The number of carbonyl (C=O) groups excluding carboxylic acids is 1. The molecule has 5 heterocycles. The Morgan fingerprint density at radius 2 is 1.75 bits per heavy atom. The Hall–Kier alpha value is -4.21. The van der Waals surface area contributed by atoms with Gasteiger partial charge in [-0.1, -0.05) is 18.2 Å². The van der Waals surface area contributed by atoms with Crippen molar-refractivity contribution >= 4 is 39.0 Å². The summed E-state index contributed by atoms with van der Waals surface area (Å²) in [7, 11) is 0. The number of morpholine rings is 1. The number of rotatable bonds is 5. The van der Waals surface area contributed by atoms with Gasteiger partial charge in [0.25, 0.3) is 5.91 Å². The van der Waals surface area contributed by atoms with E-state index in [0.29, 0.717) is 30.3 Å². The minimum Gasteiger partial charge on any atom is -0.378 e. The molecule has 0 saturated carbocycles. The number of carbonyl (C=O) groups is 1. The zero-order valence-electron chi connectivity index (χ0n) is 19.3. The van der Waals surface area contributed by atoms with Gasteiger partial charge < -0.3 is 15.0 Å². The maximum absolute atomic E-state index is 12.6. The highest BCUT2D eigenvalue weighted by Gasteiger charge is 2.21. The Kier molecular flexibility index (Phi) is 6.06. The summed E-state index contributed by atoms with van der Waals surface area (Å²) in [6.45, 7) is 2.87. The second-order valence-corrected chi connectivity index (χ2v) is 9.36. The molecule has 36 heavy (non-hydrogen) atoms. The molecule has 0 aliphatic carbocycles. The van der Waals surface area contributed by atoms with Crippen LogP contribution in [0.5, 0.6) is 0 Å². The van der Waals surface area contributed by atoms with Gasteiger partial charge in [-0.05, 0) is 36.4 Å². The fourth-order valence-corrected chi connectivity index (χ4v) is 5.23. The normalized spacial score (nSPS) is 13.6. The van der Waals surface area contributed by atoms with E-state index in [1.54, 1.807) is 42.1 Å². The second kappa shape index (κ2) is 9.80. The summed E-state index contributed by atoms with van der Waals surface area (Å²) in [6, 6.07) is 17.1. The number of benzene rings is 1. The summed E-state index contributed by atoms with van der Waals surface area (Å²) in [5, 5.41) is 2.96. The van der Waals surface area contributed by atoms with Crippen molar-refractivity contribution < 1.29 is 9.53 Å². The predicted octanol–water partition coefficient (Wildman–Crippen LogP) is 4.90. The number of thiophene rings is 1. The van der Waals surface area contributed by atoms with Gasteiger partial charge in [0.15, 0.2) is 11.6 Å². The molecule has 1 amide bonds. The first-order valence-electron chi connectivity index (χ1n) is 11.6. The minimum atomic E-state index is -0.195. The lowest BCUT2D eigenvalue weighted by atomic mass is 10.1. The number of nitrogens with one attached hydrogen (secondary N) is 1. The molecule has 0 atom stereocenters. The van der Waals surface area contributed by atoms with Gasteiger partial charge in [0, 0.05) is 65.1 Å². The molecule has 0 bridgehead atoms. The van der Waals surface area contributed by atoms with Gasteiger partial charge in [-0.25, -0.2) is 9.97 Å². The van der Waals surface area contributed by atoms with E-state index in [-0.39, 0.29) is 5.91 Å². The standard InChI is InChI=1S/C27H22N6O2S/c34-27(18-6-9-28-10-7-18)30-21-5-1-3-19(15-21)25-31-22-16-23(20-4-2-8-29-17-20)36-24(22)26(32-25)33-11-13-35-14-12-33/h1-10,15-17H,11-14H2,(H,30,34). The average molecular weight is 495 g/mol. The third-order valence-corrected chi connectivity index (χ3v) is 7.10. The van der Waals surface area contributed by atoms with Gasteiger partial charge >= 0.3 is 0 Å². The summed E-state index contributed by atoms with van der Waals surface area (Å²) in [5.41, 5.74) is 3.98. The molecule has 6 rings (SSSR count). The topological polar surface area (TPSA) is 93.1 Å². The first-order valence-corrected chi connectivity index (χ1v) is 12.4. The number of amides is 1. The van der Waals surface area contributed by atoms with Gasteiger partial charge in [-0.3, -0.25) is 14.8 Å². The largest absolute Gasteiger partial charge is 0.378 e. The summed E-state index contributed by atoms with van der Waals surface area (Å²) < 4.78 is 6.62. The van der Waals surface area contributed by atoms with Crippen LogP contribution in [0.4, 0.5) is 11.5 Å². The zero-order chi connectivity index (χ0) is 24.3. The van der Waals surface area contributed by atoms with Crippen molar-refractivity contribution in [2.75, 3.05) is 36.5 Å². The zero-order valence-corrected chi connectivity index (χ0v) is 20.1. The van der Waals surface area contributed by atoms with E-state index in [9.17, 15) is 4.79 Å². The third-order valence-electron chi connectivity index (χ3n) is 5.93. The molecule has 0 radical (unpaired) electrons. The lowest BCUT2D eigenvalue weighted by Gasteiger charge is -2.28. The van der Waals surface area contributed by atoms with E-state index in [0.717, 1.165) is 45.1 Å². The van der Waals surface area contributed by atoms with Crippen LogP contribution < -0.4 is 10.2 Å². The predicted molar refractivity (Wildman–Crippen MR) is 141 cm³/mol. The lowest BCUT2D eigenvalue weighted by Crippen LogP contribution is -2.36. The Morgan fingerprint density at radius 3 is 2.56 bits per heavy atom. The van der Waals surface area contributed by atoms with Crippen molar-refractivity contribution in [3.8, 4) is 21.8 Å². The number of nitrogens with zero attached hydrogens (tertiary/aromatic N) is 5. The summed E-state index contributed by atoms with van der Waals surface area (Å²) in [5.74, 6) is 1.32. The number of aromatic nitrogens is 4. The lowest BCUT2D eigenvalue weighted by molar-refractivity contribution is 0.102. The van der Waals surface area contributed by atoms with E-state index < -0.39 is 0 Å². The van der Waals surface area contributed by atoms with Crippen LogP contribution >= 0.6 is 11.3 Å². The van der Waals surface area contributed by atoms with E-state index in [4.69, 9.17) is 14.7 Å². The summed E-state index contributed by atoms with van der Waals surface area (Å²) >= 11 is 1.67. The van der Waals surface area contributed by atoms with Crippen LogP contribution in [0.15, 0.2) is 79.4 Å².